The molecule has 0 saturated carbocycles. The Bertz CT molecular complexity index is 1020. The van der Waals surface area contributed by atoms with Gasteiger partial charge in [-0.25, -0.2) is 0 Å². The second-order valence-electron chi connectivity index (χ2n) is 6.28. The average Bonchev–Trinajstić information content (AvgIpc) is 3.37. The Balaban J connectivity index is 1.36. The van der Waals surface area contributed by atoms with Crippen LogP contribution in [0.4, 0.5) is 0 Å². The van der Waals surface area contributed by atoms with Crippen molar-refractivity contribution in [2.45, 2.75) is 13.0 Å². The quantitative estimate of drug-likeness (QED) is 0.516. The second kappa shape index (κ2) is 7.83. The van der Waals surface area contributed by atoms with Gasteiger partial charge in [0.15, 0.2) is 5.76 Å². The van der Waals surface area contributed by atoms with Crippen LogP contribution in [0.5, 0.6) is 5.75 Å². The molecule has 4 aromatic rings. The van der Waals surface area contributed by atoms with Crippen molar-refractivity contribution in [3.63, 3.8) is 0 Å². The van der Waals surface area contributed by atoms with Gasteiger partial charge in [0, 0.05) is 29.7 Å². The lowest BCUT2D eigenvalue weighted by atomic mass is 10.1. The molecule has 2 heterocycles. The zero-order valence-electron chi connectivity index (χ0n) is 14.8. The predicted octanol–water partition coefficient (Wildman–Crippen LogP) is 4.31. The van der Waals surface area contributed by atoms with Crippen molar-refractivity contribution in [3.05, 3.63) is 90.0 Å². The zero-order chi connectivity index (χ0) is 18.5. The highest BCUT2D eigenvalue weighted by atomic mass is 16.5. The molecule has 4 rings (SSSR count). The van der Waals surface area contributed by atoms with E-state index < -0.39 is 0 Å². The molecule has 1 amide bonds. The summed E-state index contributed by atoms with van der Waals surface area (Å²) in [6.45, 7) is 1.08. The predicted molar refractivity (Wildman–Crippen MR) is 104 cm³/mol. The van der Waals surface area contributed by atoms with Crippen molar-refractivity contribution in [2.75, 3.05) is 6.54 Å². The van der Waals surface area contributed by atoms with E-state index >= 15 is 0 Å². The fraction of sp³-hybridized carbons (Fsp3) is 0.136. The first-order valence-electron chi connectivity index (χ1n) is 8.88. The number of hydrogen-bond acceptors (Lipinski definition) is 3. The van der Waals surface area contributed by atoms with Gasteiger partial charge in [-0.15, -0.1) is 0 Å². The van der Waals surface area contributed by atoms with Crippen LogP contribution < -0.4 is 10.1 Å². The van der Waals surface area contributed by atoms with Gasteiger partial charge in [-0.05, 0) is 41.8 Å². The van der Waals surface area contributed by atoms with Crippen LogP contribution >= 0.6 is 0 Å². The topological polar surface area (TPSA) is 67.3 Å². The van der Waals surface area contributed by atoms with E-state index in [9.17, 15) is 4.79 Å². The van der Waals surface area contributed by atoms with Gasteiger partial charge in [-0.1, -0.05) is 30.3 Å². The third-order valence-electron chi connectivity index (χ3n) is 4.41. The molecule has 5 heteroatoms. The van der Waals surface area contributed by atoms with E-state index in [0.717, 1.165) is 34.2 Å². The van der Waals surface area contributed by atoms with Crippen LogP contribution in [-0.4, -0.2) is 17.4 Å². The molecule has 136 valence electrons. The van der Waals surface area contributed by atoms with Crippen LogP contribution in [0.1, 0.15) is 21.7 Å². The molecule has 2 aromatic heterocycles. The highest BCUT2D eigenvalue weighted by molar-refractivity contribution is 5.91. The number of benzene rings is 2. The summed E-state index contributed by atoms with van der Waals surface area (Å²) in [7, 11) is 0. The zero-order valence-corrected chi connectivity index (χ0v) is 14.8. The maximum absolute atomic E-state index is 11.9. The Morgan fingerprint density at radius 3 is 2.78 bits per heavy atom. The van der Waals surface area contributed by atoms with E-state index in [1.54, 1.807) is 12.1 Å². The summed E-state index contributed by atoms with van der Waals surface area (Å²) in [5, 5.41) is 4.00. The lowest BCUT2D eigenvalue weighted by molar-refractivity contribution is 0.0926. The molecule has 2 aromatic carbocycles. The molecule has 27 heavy (non-hydrogen) atoms. The van der Waals surface area contributed by atoms with Crippen molar-refractivity contribution < 1.29 is 13.9 Å². The van der Waals surface area contributed by atoms with Crippen molar-refractivity contribution in [3.8, 4) is 5.75 Å². The molecule has 0 aliphatic rings. The third kappa shape index (κ3) is 4.03. The van der Waals surface area contributed by atoms with Gasteiger partial charge in [0.05, 0.1) is 6.26 Å². The monoisotopic (exact) mass is 360 g/mol. The van der Waals surface area contributed by atoms with E-state index in [2.05, 4.69) is 16.4 Å². The Kier molecular flexibility index (Phi) is 4.92. The van der Waals surface area contributed by atoms with E-state index in [1.165, 1.54) is 6.26 Å². The second-order valence-corrected chi connectivity index (χ2v) is 6.28. The lowest BCUT2D eigenvalue weighted by Gasteiger charge is -2.07. The highest BCUT2D eigenvalue weighted by Crippen LogP contribution is 2.24. The fourth-order valence-corrected chi connectivity index (χ4v) is 3.01. The summed E-state index contributed by atoms with van der Waals surface area (Å²) in [5.41, 5.74) is 3.31. The van der Waals surface area contributed by atoms with Crippen molar-refractivity contribution in [2.24, 2.45) is 0 Å². The number of rotatable bonds is 7. The van der Waals surface area contributed by atoms with Gasteiger partial charge in [-0.2, -0.15) is 0 Å². The van der Waals surface area contributed by atoms with Crippen molar-refractivity contribution in [1.82, 2.24) is 10.3 Å². The summed E-state index contributed by atoms with van der Waals surface area (Å²) in [5.74, 6) is 0.955. The summed E-state index contributed by atoms with van der Waals surface area (Å²) < 4.78 is 11.0. The Hall–Kier alpha value is -3.47. The van der Waals surface area contributed by atoms with Crippen molar-refractivity contribution in [1.29, 1.82) is 0 Å². The SMILES string of the molecule is O=C(NCCc1c[nH]c2cc(OCc3ccccc3)ccc12)c1ccco1. The number of fused-ring (bicyclic) bond motifs is 1. The normalized spacial score (nSPS) is 10.8. The van der Waals surface area contributed by atoms with Crippen LogP contribution in [-0.2, 0) is 13.0 Å². The summed E-state index contributed by atoms with van der Waals surface area (Å²) in [6.07, 6.45) is 4.20. The maximum Gasteiger partial charge on any atom is 0.286 e. The lowest BCUT2D eigenvalue weighted by Crippen LogP contribution is -2.25. The number of H-pyrrole nitrogens is 1. The van der Waals surface area contributed by atoms with Gasteiger partial charge < -0.3 is 19.5 Å². The number of furan rings is 1. The van der Waals surface area contributed by atoms with Crippen molar-refractivity contribution >= 4 is 16.8 Å². The fourth-order valence-electron chi connectivity index (χ4n) is 3.01. The molecular formula is C22H20N2O3. The maximum atomic E-state index is 11.9. The van der Waals surface area contributed by atoms with Crippen LogP contribution in [0.2, 0.25) is 0 Å². The minimum Gasteiger partial charge on any atom is -0.489 e. The molecule has 0 aliphatic heterocycles. The highest BCUT2D eigenvalue weighted by Gasteiger charge is 2.09. The molecular weight excluding hydrogens is 340 g/mol. The molecule has 0 aliphatic carbocycles. The Morgan fingerprint density at radius 2 is 1.96 bits per heavy atom. The number of aromatic amines is 1. The first-order chi connectivity index (χ1) is 13.3. The molecule has 0 bridgehead atoms. The number of nitrogens with one attached hydrogen (secondary N) is 2. The van der Waals surface area contributed by atoms with E-state index in [1.807, 2.05) is 48.7 Å². The van der Waals surface area contributed by atoms with E-state index in [-0.39, 0.29) is 5.91 Å². The van der Waals surface area contributed by atoms with Gasteiger partial charge in [0.1, 0.15) is 12.4 Å². The van der Waals surface area contributed by atoms with Crippen LogP contribution in [0.25, 0.3) is 10.9 Å². The largest absolute Gasteiger partial charge is 0.489 e. The van der Waals surface area contributed by atoms with Crippen LogP contribution in [0.3, 0.4) is 0 Å². The third-order valence-corrected chi connectivity index (χ3v) is 4.41. The first-order valence-corrected chi connectivity index (χ1v) is 8.88. The summed E-state index contributed by atoms with van der Waals surface area (Å²) >= 11 is 0. The van der Waals surface area contributed by atoms with Crippen LogP contribution in [0.15, 0.2) is 77.5 Å². The van der Waals surface area contributed by atoms with Gasteiger partial charge in [-0.3, -0.25) is 4.79 Å². The smallest absolute Gasteiger partial charge is 0.286 e. The number of ether oxygens (including phenoxy) is 1. The van der Waals surface area contributed by atoms with Gasteiger partial charge in [0.2, 0.25) is 0 Å². The molecule has 2 N–H and O–H groups in total. The molecule has 5 nitrogen and oxygen atoms in total. The molecule has 0 fully saturated rings. The molecule has 0 saturated heterocycles. The van der Waals surface area contributed by atoms with Gasteiger partial charge in [0.25, 0.3) is 5.91 Å². The minimum absolute atomic E-state index is 0.198. The van der Waals surface area contributed by atoms with Crippen LogP contribution in [0, 0.1) is 0 Å². The number of hydrogen-bond donors (Lipinski definition) is 2. The van der Waals surface area contributed by atoms with E-state index in [0.29, 0.717) is 18.9 Å². The number of amides is 1. The standard InChI is InChI=1S/C22H20N2O3/c25-22(21-7-4-12-26-21)23-11-10-17-14-24-20-13-18(8-9-19(17)20)27-15-16-5-2-1-3-6-16/h1-9,12-14,24H,10-11,15H2,(H,23,25). The first kappa shape index (κ1) is 17.0. The average molecular weight is 360 g/mol. The molecule has 0 spiro atoms. The van der Waals surface area contributed by atoms with Gasteiger partial charge >= 0.3 is 0 Å². The number of carbonyl (C=O) groups excluding carboxylic acids is 1. The summed E-state index contributed by atoms with van der Waals surface area (Å²) in [6, 6.07) is 19.5. The molecule has 0 atom stereocenters. The molecule has 0 unspecified atom stereocenters. The number of aromatic nitrogens is 1. The minimum atomic E-state index is -0.198. The van der Waals surface area contributed by atoms with E-state index in [4.69, 9.17) is 9.15 Å². The Morgan fingerprint density at radius 1 is 1.07 bits per heavy atom. The number of carbonyl (C=O) groups is 1. The Labute approximate surface area is 157 Å². The summed E-state index contributed by atoms with van der Waals surface area (Å²) in [4.78, 5) is 15.2. The molecule has 0 radical (unpaired) electrons.